The number of carbonyl (C=O) groups is 1. The zero-order valence-corrected chi connectivity index (χ0v) is 17.9. The number of amides is 1. The van der Waals surface area contributed by atoms with Gasteiger partial charge in [-0.3, -0.25) is 9.48 Å². The molecule has 1 amide bonds. The van der Waals surface area contributed by atoms with Crippen molar-refractivity contribution >= 4 is 27.7 Å². The number of halogens is 2. The van der Waals surface area contributed by atoms with Crippen LogP contribution >= 0.6 is 15.9 Å². The Morgan fingerprint density at radius 3 is 2.90 bits per heavy atom. The minimum absolute atomic E-state index is 0.0660. The van der Waals surface area contributed by atoms with Crippen LogP contribution in [0.5, 0.6) is 0 Å². The molecule has 2 heterocycles. The minimum Gasteiger partial charge on any atom is -0.308 e. The van der Waals surface area contributed by atoms with Crippen molar-refractivity contribution in [1.29, 1.82) is 0 Å². The predicted octanol–water partition coefficient (Wildman–Crippen LogP) is 4.24. The first-order chi connectivity index (χ1) is 14.6. The van der Waals surface area contributed by atoms with E-state index >= 15 is 0 Å². The second-order valence-electron chi connectivity index (χ2n) is 8.02. The van der Waals surface area contributed by atoms with Crippen LogP contribution in [0.4, 0.5) is 10.2 Å². The number of anilines is 1. The van der Waals surface area contributed by atoms with E-state index in [0.717, 1.165) is 29.9 Å². The molecular formula is C22H21BrFN5O. The topological polar surface area (TPSA) is 72.7 Å². The quantitative estimate of drug-likeness (QED) is 0.606. The van der Waals surface area contributed by atoms with Crippen LogP contribution in [0.1, 0.15) is 47.8 Å². The number of aromatic nitrogens is 4. The monoisotopic (exact) mass is 469 g/mol. The summed E-state index contributed by atoms with van der Waals surface area (Å²) in [6, 6.07) is 6.59. The Kier molecular flexibility index (Phi) is 5.10. The number of nitrogens with zero attached hydrogens (tertiary/aromatic N) is 4. The molecular weight excluding hydrogens is 449 g/mol. The molecule has 0 radical (unpaired) electrons. The van der Waals surface area contributed by atoms with Gasteiger partial charge in [-0.05, 0) is 59.7 Å². The Labute approximate surface area is 182 Å². The number of rotatable bonds is 5. The summed E-state index contributed by atoms with van der Waals surface area (Å²) in [5, 5.41) is 7.33. The standard InChI is InChI=1S/C22H21BrFN5O/c23-17-12-29(11-15-3-1-2-4-18(15)24)28-21(17)27-22(30)14-7-8-19-16(9-14)10-25-20(26-19)13-5-6-13/h1-4,10,12-14H,5-9,11H2,(H,27,28,30). The molecule has 1 aromatic carbocycles. The molecule has 1 atom stereocenters. The van der Waals surface area contributed by atoms with Crippen molar-refractivity contribution in [3.63, 3.8) is 0 Å². The fourth-order valence-electron chi connectivity index (χ4n) is 3.87. The zero-order chi connectivity index (χ0) is 20.7. The van der Waals surface area contributed by atoms with Gasteiger partial charge in [0.15, 0.2) is 5.82 Å². The highest BCUT2D eigenvalue weighted by Gasteiger charge is 2.30. The lowest BCUT2D eigenvalue weighted by Crippen LogP contribution is -2.29. The number of fused-ring (bicyclic) bond motifs is 1. The molecule has 0 bridgehead atoms. The van der Waals surface area contributed by atoms with E-state index in [1.165, 1.54) is 18.9 Å². The summed E-state index contributed by atoms with van der Waals surface area (Å²) < 4.78 is 16.2. The molecule has 154 valence electrons. The van der Waals surface area contributed by atoms with Gasteiger partial charge in [0.25, 0.3) is 0 Å². The van der Waals surface area contributed by atoms with E-state index in [9.17, 15) is 9.18 Å². The average Bonchev–Trinajstić information content (AvgIpc) is 3.54. The molecule has 0 saturated heterocycles. The van der Waals surface area contributed by atoms with Crippen LogP contribution in [0.15, 0.2) is 41.1 Å². The van der Waals surface area contributed by atoms with Crippen LogP contribution in [0.3, 0.4) is 0 Å². The minimum atomic E-state index is -0.275. The maximum atomic E-state index is 13.9. The van der Waals surface area contributed by atoms with Crippen molar-refractivity contribution < 1.29 is 9.18 Å². The van der Waals surface area contributed by atoms with Gasteiger partial charge in [-0.2, -0.15) is 5.10 Å². The van der Waals surface area contributed by atoms with Gasteiger partial charge in [0.1, 0.15) is 11.6 Å². The Hall–Kier alpha value is -2.61. The Morgan fingerprint density at radius 2 is 2.10 bits per heavy atom. The molecule has 1 unspecified atom stereocenters. The zero-order valence-electron chi connectivity index (χ0n) is 16.3. The third-order valence-electron chi connectivity index (χ3n) is 5.73. The highest BCUT2D eigenvalue weighted by Crippen LogP contribution is 2.38. The van der Waals surface area contributed by atoms with Gasteiger partial charge < -0.3 is 5.32 Å². The maximum Gasteiger partial charge on any atom is 0.229 e. The van der Waals surface area contributed by atoms with Gasteiger partial charge in [0.05, 0.1) is 11.0 Å². The lowest BCUT2D eigenvalue weighted by atomic mass is 9.86. The SMILES string of the molecule is O=C(Nc1nn(Cc2ccccc2F)cc1Br)C1CCc2nc(C3CC3)ncc2C1. The number of nitrogens with one attached hydrogen (secondary N) is 1. The molecule has 2 aliphatic carbocycles. The van der Waals surface area contributed by atoms with Gasteiger partial charge in [-0.1, -0.05) is 18.2 Å². The molecule has 0 spiro atoms. The number of carbonyl (C=O) groups excluding carboxylic acids is 1. The summed E-state index contributed by atoms with van der Waals surface area (Å²) in [6.45, 7) is 0.290. The summed E-state index contributed by atoms with van der Waals surface area (Å²) in [5.74, 6) is 1.46. The Bertz CT molecular complexity index is 1110. The van der Waals surface area contributed by atoms with E-state index in [0.29, 0.717) is 34.7 Å². The molecule has 0 aliphatic heterocycles. The van der Waals surface area contributed by atoms with Crippen molar-refractivity contribution in [3.05, 3.63) is 69.6 Å². The summed E-state index contributed by atoms with van der Waals surface area (Å²) >= 11 is 3.44. The lowest BCUT2D eigenvalue weighted by molar-refractivity contribution is -0.120. The molecule has 8 heteroatoms. The summed E-state index contributed by atoms with van der Waals surface area (Å²) in [4.78, 5) is 22.1. The second-order valence-corrected chi connectivity index (χ2v) is 8.87. The molecule has 1 fully saturated rings. The maximum absolute atomic E-state index is 13.9. The smallest absolute Gasteiger partial charge is 0.229 e. The lowest BCUT2D eigenvalue weighted by Gasteiger charge is -2.23. The first-order valence-electron chi connectivity index (χ1n) is 10.2. The summed E-state index contributed by atoms with van der Waals surface area (Å²) in [7, 11) is 0. The molecule has 2 aliphatic rings. The van der Waals surface area contributed by atoms with Crippen LogP contribution in [-0.2, 0) is 24.2 Å². The third kappa shape index (κ3) is 4.01. The molecule has 2 aromatic heterocycles. The van der Waals surface area contributed by atoms with Gasteiger partial charge in [-0.25, -0.2) is 14.4 Å². The van der Waals surface area contributed by atoms with E-state index in [-0.39, 0.29) is 17.6 Å². The molecule has 1 N–H and O–H groups in total. The molecule has 3 aromatic rings. The van der Waals surface area contributed by atoms with Gasteiger partial charge >= 0.3 is 0 Å². The number of hydrogen-bond acceptors (Lipinski definition) is 4. The summed E-state index contributed by atoms with van der Waals surface area (Å²) in [5.41, 5.74) is 2.70. The van der Waals surface area contributed by atoms with Crippen molar-refractivity contribution in [1.82, 2.24) is 19.7 Å². The van der Waals surface area contributed by atoms with E-state index in [1.54, 1.807) is 29.1 Å². The van der Waals surface area contributed by atoms with E-state index in [2.05, 4.69) is 31.3 Å². The highest BCUT2D eigenvalue weighted by atomic mass is 79.9. The number of benzene rings is 1. The van der Waals surface area contributed by atoms with Crippen LogP contribution in [0.2, 0.25) is 0 Å². The number of aryl methyl sites for hydroxylation is 1. The third-order valence-corrected chi connectivity index (χ3v) is 6.31. The first kappa shape index (κ1) is 19.4. The highest BCUT2D eigenvalue weighted by molar-refractivity contribution is 9.10. The predicted molar refractivity (Wildman–Crippen MR) is 114 cm³/mol. The van der Waals surface area contributed by atoms with Gasteiger partial charge in [0, 0.05) is 35.5 Å². The van der Waals surface area contributed by atoms with Crippen molar-refractivity contribution in [3.8, 4) is 0 Å². The Morgan fingerprint density at radius 1 is 1.27 bits per heavy atom. The molecule has 1 saturated carbocycles. The number of hydrogen-bond donors (Lipinski definition) is 1. The van der Waals surface area contributed by atoms with E-state index in [1.807, 2.05) is 6.20 Å². The fourth-order valence-corrected chi connectivity index (χ4v) is 4.28. The summed E-state index contributed by atoms with van der Waals surface area (Å²) in [6.07, 6.45) is 8.19. The van der Waals surface area contributed by atoms with Crippen LogP contribution < -0.4 is 5.32 Å². The first-order valence-corrected chi connectivity index (χ1v) is 11.0. The molecule has 5 rings (SSSR count). The molecule has 6 nitrogen and oxygen atoms in total. The van der Waals surface area contributed by atoms with E-state index in [4.69, 9.17) is 4.98 Å². The second kappa shape index (κ2) is 7.91. The van der Waals surface area contributed by atoms with Crippen LogP contribution in [0.25, 0.3) is 0 Å². The van der Waals surface area contributed by atoms with Crippen LogP contribution in [-0.4, -0.2) is 25.7 Å². The van der Waals surface area contributed by atoms with E-state index < -0.39 is 0 Å². The van der Waals surface area contributed by atoms with Gasteiger partial charge in [0.2, 0.25) is 5.91 Å². The fraction of sp³-hybridized carbons (Fsp3) is 0.364. The largest absolute Gasteiger partial charge is 0.308 e. The van der Waals surface area contributed by atoms with Crippen molar-refractivity contribution in [2.45, 2.75) is 44.6 Å². The van der Waals surface area contributed by atoms with Crippen molar-refractivity contribution in [2.24, 2.45) is 5.92 Å². The van der Waals surface area contributed by atoms with Crippen molar-refractivity contribution in [2.75, 3.05) is 5.32 Å². The molecule has 30 heavy (non-hydrogen) atoms. The van der Waals surface area contributed by atoms with Crippen LogP contribution in [0, 0.1) is 11.7 Å². The normalized spacial score (nSPS) is 18.1. The average molecular weight is 470 g/mol. The van der Waals surface area contributed by atoms with Gasteiger partial charge in [-0.15, -0.1) is 0 Å². The Balaban J connectivity index is 1.25.